The summed E-state index contributed by atoms with van der Waals surface area (Å²) in [6, 6.07) is 78.3. The van der Waals surface area contributed by atoms with Gasteiger partial charge in [0.15, 0.2) is 0 Å². The van der Waals surface area contributed by atoms with Crippen LogP contribution in [0, 0.1) is 0 Å². The van der Waals surface area contributed by atoms with Crippen molar-refractivity contribution in [3.8, 4) is 83.7 Å². The molecule has 3 aliphatic carbocycles. The zero-order chi connectivity index (χ0) is 71.8. The molecule has 104 heavy (non-hydrogen) atoms. The molecule has 2 heterocycles. The van der Waals surface area contributed by atoms with Crippen LogP contribution in [0.25, 0.3) is 106 Å². The minimum Gasteiger partial charge on any atom is -0.309 e. The smallest absolute Gasteiger partial charge is 0.0708 e. The summed E-state index contributed by atoms with van der Waals surface area (Å²) < 4.78 is 2.56. The third-order valence-corrected chi connectivity index (χ3v) is 25.5. The van der Waals surface area contributed by atoms with Crippen LogP contribution in [0.5, 0.6) is 0 Å². The van der Waals surface area contributed by atoms with Crippen molar-refractivity contribution in [3.63, 3.8) is 0 Å². The summed E-state index contributed by atoms with van der Waals surface area (Å²) >= 11 is 0. The van der Waals surface area contributed by atoms with Crippen molar-refractivity contribution in [2.24, 2.45) is 0 Å². The second-order valence-corrected chi connectivity index (χ2v) is 33.3. The Morgan fingerprint density at radius 3 is 0.885 bits per heavy atom. The first-order valence-corrected chi connectivity index (χ1v) is 41.9. The van der Waals surface area contributed by atoms with Gasteiger partial charge in [-0.05, 0) is 216 Å². The lowest BCUT2D eigenvalue weighted by Crippen LogP contribution is -2.26. The predicted octanol–water partition coefficient (Wildman–Crippen LogP) is 30.8. The standard InChI is InChI=1S/C102H120N2/c1-10-16-22-32-59-100(60-33-23-17-11-2)90-66-74(75-45-54-84-85-56-48-78(79-58-65-103-96(71-79)73-42-49-80(50-43-73)99(7,8)9)70-93(85)101(92(84)67-75,61-34-24-18-12-3)62-35-25-19-13-4)44-52-82(90)83-53-46-76(68-91(83)100)77-47-55-86-87-57-51-81(104-97-40-30-28-38-88(97)89-39-29-31-41-98(89)104)72-95(87)102(94(86)69-77,63-36-26-20-14-5)64-37-27-21-15-6/h28-31,38-58,65-72H,10-27,32-37,59-64H2,1-9H3. The first-order valence-electron chi connectivity index (χ1n) is 41.9. The summed E-state index contributed by atoms with van der Waals surface area (Å²) in [5, 5.41) is 2.65. The van der Waals surface area contributed by atoms with Gasteiger partial charge in [0.25, 0.3) is 0 Å². The highest BCUT2D eigenvalue weighted by molar-refractivity contribution is 6.09. The Labute approximate surface area is 627 Å². The summed E-state index contributed by atoms with van der Waals surface area (Å²) in [5.41, 5.74) is 33.4. The van der Waals surface area contributed by atoms with Gasteiger partial charge in [-0.2, -0.15) is 0 Å². The lowest BCUT2D eigenvalue weighted by atomic mass is 9.69. The molecule has 0 unspecified atom stereocenters. The number of benzene rings is 9. The van der Waals surface area contributed by atoms with Gasteiger partial charge in [0.05, 0.1) is 16.7 Å². The second kappa shape index (κ2) is 32.3. The van der Waals surface area contributed by atoms with Crippen molar-refractivity contribution < 1.29 is 0 Å². The Hall–Kier alpha value is -8.07. The van der Waals surface area contributed by atoms with E-state index in [0.29, 0.717) is 0 Å². The number of nitrogens with zero attached hydrogens (tertiary/aromatic N) is 2. The van der Waals surface area contributed by atoms with Crippen molar-refractivity contribution in [1.29, 1.82) is 0 Å². The number of para-hydroxylation sites is 2. The molecule has 0 N–H and O–H groups in total. The fourth-order valence-corrected chi connectivity index (χ4v) is 19.7. The molecule has 9 aromatic carbocycles. The van der Waals surface area contributed by atoms with E-state index in [1.807, 2.05) is 6.20 Å². The third kappa shape index (κ3) is 14.1. The molecule has 2 nitrogen and oxygen atoms in total. The molecule has 0 bridgehead atoms. The van der Waals surface area contributed by atoms with E-state index < -0.39 is 0 Å². The molecule has 0 fully saturated rings. The summed E-state index contributed by atoms with van der Waals surface area (Å²) in [7, 11) is 0. The van der Waals surface area contributed by atoms with Crippen LogP contribution in [0.15, 0.2) is 200 Å². The molecule has 0 saturated carbocycles. The van der Waals surface area contributed by atoms with Gasteiger partial charge < -0.3 is 4.57 Å². The molecule has 3 aliphatic rings. The normalized spacial score (nSPS) is 14.2. The highest BCUT2D eigenvalue weighted by Gasteiger charge is 2.47. The Morgan fingerprint density at radius 2 is 0.567 bits per heavy atom. The lowest BCUT2D eigenvalue weighted by molar-refractivity contribution is 0.400. The van der Waals surface area contributed by atoms with E-state index in [9.17, 15) is 0 Å². The molecule has 0 saturated heterocycles. The minimum atomic E-state index is -0.0922. The topological polar surface area (TPSA) is 17.8 Å². The van der Waals surface area contributed by atoms with E-state index in [-0.39, 0.29) is 21.7 Å². The number of hydrogen-bond acceptors (Lipinski definition) is 1. The second-order valence-electron chi connectivity index (χ2n) is 33.3. The van der Waals surface area contributed by atoms with Crippen LogP contribution in [-0.2, 0) is 21.7 Å². The van der Waals surface area contributed by atoms with Crippen LogP contribution in [0.3, 0.4) is 0 Å². The maximum Gasteiger partial charge on any atom is 0.0708 e. The van der Waals surface area contributed by atoms with Gasteiger partial charge in [0.2, 0.25) is 0 Å². The van der Waals surface area contributed by atoms with E-state index in [2.05, 4.69) is 261 Å². The predicted molar refractivity (Wildman–Crippen MR) is 450 cm³/mol. The molecule has 2 aromatic heterocycles. The molecule has 538 valence electrons. The van der Waals surface area contributed by atoms with Crippen LogP contribution in [0.1, 0.15) is 294 Å². The number of rotatable bonds is 35. The molecule has 0 atom stereocenters. The van der Waals surface area contributed by atoms with E-state index >= 15 is 0 Å². The number of fused-ring (bicyclic) bond motifs is 12. The van der Waals surface area contributed by atoms with Crippen molar-refractivity contribution in [1.82, 2.24) is 9.55 Å². The average Bonchev–Trinajstić information content (AvgIpc) is 1.57. The molecule has 0 amide bonds. The van der Waals surface area contributed by atoms with Crippen molar-refractivity contribution >= 4 is 21.8 Å². The summed E-state index contributed by atoms with van der Waals surface area (Å²) in [5.74, 6) is 0. The average molecular weight is 1370 g/mol. The highest BCUT2D eigenvalue weighted by Crippen LogP contribution is 2.60. The van der Waals surface area contributed by atoms with Gasteiger partial charge >= 0.3 is 0 Å². The Balaban J connectivity index is 0.873. The van der Waals surface area contributed by atoms with Crippen LogP contribution in [0.4, 0.5) is 0 Å². The largest absolute Gasteiger partial charge is 0.309 e. The van der Waals surface area contributed by atoms with Crippen molar-refractivity contribution in [2.45, 2.75) is 277 Å². The molecular formula is C102H120N2. The molecule has 0 aliphatic heterocycles. The van der Waals surface area contributed by atoms with Crippen LogP contribution in [0.2, 0.25) is 0 Å². The zero-order valence-corrected chi connectivity index (χ0v) is 65.2. The van der Waals surface area contributed by atoms with Gasteiger partial charge in [0, 0.05) is 44.5 Å². The van der Waals surface area contributed by atoms with E-state index in [4.69, 9.17) is 4.98 Å². The fourth-order valence-electron chi connectivity index (χ4n) is 19.7. The maximum atomic E-state index is 4.98. The highest BCUT2D eigenvalue weighted by atomic mass is 15.0. The number of unbranched alkanes of at least 4 members (excludes halogenated alkanes) is 18. The molecule has 11 aromatic rings. The molecule has 0 radical (unpaired) electrons. The Bertz CT molecular complexity index is 4680. The van der Waals surface area contributed by atoms with Gasteiger partial charge in [-0.3, -0.25) is 4.98 Å². The van der Waals surface area contributed by atoms with E-state index in [0.717, 1.165) is 5.69 Å². The monoisotopic (exact) mass is 1370 g/mol. The maximum absolute atomic E-state index is 4.98. The Kier molecular flexibility index (Phi) is 22.7. The lowest BCUT2D eigenvalue weighted by Gasteiger charge is -2.34. The van der Waals surface area contributed by atoms with Crippen molar-refractivity contribution in [2.75, 3.05) is 0 Å². The first kappa shape index (κ1) is 72.9. The number of pyridine rings is 1. The van der Waals surface area contributed by atoms with Crippen molar-refractivity contribution in [3.05, 3.63) is 239 Å². The van der Waals surface area contributed by atoms with Gasteiger partial charge in [0.1, 0.15) is 0 Å². The van der Waals surface area contributed by atoms with Crippen LogP contribution >= 0.6 is 0 Å². The summed E-state index contributed by atoms with van der Waals surface area (Å²) in [4.78, 5) is 4.98. The minimum absolute atomic E-state index is 0.0803. The number of aromatic nitrogens is 2. The molecule has 14 rings (SSSR count). The van der Waals surface area contributed by atoms with Gasteiger partial charge in [-0.1, -0.05) is 344 Å². The quantitative estimate of drug-likeness (QED) is 0.0362. The van der Waals surface area contributed by atoms with E-state index in [1.54, 1.807) is 33.4 Å². The first-order chi connectivity index (χ1) is 50.9. The fraction of sp³-hybridized carbons (Fsp3) is 0.422. The van der Waals surface area contributed by atoms with E-state index in [1.165, 1.54) is 298 Å². The van der Waals surface area contributed by atoms with Gasteiger partial charge in [-0.15, -0.1) is 0 Å². The third-order valence-electron chi connectivity index (χ3n) is 25.5. The summed E-state index contributed by atoms with van der Waals surface area (Å²) in [6.45, 7) is 21.1. The van der Waals surface area contributed by atoms with Gasteiger partial charge in [-0.25, -0.2) is 0 Å². The summed E-state index contributed by atoms with van der Waals surface area (Å²) in [6.07, 6.45) is 39.4. The molecular weight excluding hydrogens is 1250 g/mol. The zero-order valence-electron chi connectivity index (χ0n) is 65.2. The molecule has 2 heteroatoms. The number of hydrogen-bond donors (Lipinski definition) is 0. The van der Waals surface area contributed by atoms with Crippen LogP contribution in [-0.4, -0.2) is 9.55 Å². The van der Waals surface area contributed by atoms with Crippen LogP contribution < -0.4 is 0 Å². The Morgan fingerprint density at radius 1 is 0.279 bits per heavy atom. The molecule has 0 spiro atoms. The SMILES string of the molecule is CCCCCCC1(CCCCCC)c2cc(-c3ccnc(-c4ccc(C(C)(C)C)cc4)c3)ccc2-c2ccc(-c3ccc4c(c3)C(CCCCCC)(CCCCCC)c3cc(-c5ccc6c(c5)C(CCCCCC)(CCCCCC)c5cc(-n7c8ccccc8c8ccccc87)ccc5-6)ccc3-4)cc21.